The van der Waals surface area contributed by atoms with E-state index in [1.54, 1.807) is 4.90 Å². The monoisotopic (exact) mass is 255 g/mol. The number of rotatable bonds is 3. The number of amides is 2. The molecule has 0 aromatic carbocycles. The van der Waals surface area contributed by atoms with Crippen LogP contribution < -0.4 is 10.6 Å². The summed E-state index contributed by atoms with van der Waals surface area (Å²) in [5, 5.41) is 5.93. The third kappa shape index (κ3) is 3.68. The maximum Gasteiger partial charge on any atom is 0.242 e. The Bertz CT molecular complexity index is 267. The zero-order chi connectivity index (χ0) is 12.8. The number of nitrogens with one attached hydrogen (secondary N) is 2. The van der Waals surface area contributed by atoms with Gasteiger partial charge < -0.3 is 20.3 Å². The fourth-order valence-corrected chi connectivity index (χ4v) is 2.29. The molecule has 0 aliphatic carbocycles. The van der Waals surface area contributed by atoms with Crippen molar-refractivity contribution in [3.8, 4) is 0 Å². The Morgan fingerprint density at radius 3 is 2.56 bits per heavy atom. The summed E-state index contributed by atoms with van der Waals surface area (Å²) in [5.41, 5.74) is 0. The van der Waals surface area contributed by atoms with Crippen molar-refractivity contribution in [3.63, 3.8) is 0 Å². The molecule has 0 aromatic rings. The first-order chi connectivity index (χ1) is 8.77. The lowest BCUT2D eigenvalue weighted by atomic mass is 9.99. The first-order valence-electron chi connectivity index (χ1n) is 6.61. The molecule has 2 aliphatic rings. The molecule has 2 aliphatic heterocycles. The Hall–Kier alpha value is -1.14. The first-order valence-corrected chi connectivity index (χ1v) is 6.61. The number of carbonyl (C=O) groups is 2. The van der Waals surface area contributed by atoms with Gasteiger partial charge in [0, 0.05) is 45.3 Å². The van der Waals surface area contributed by atoms with Crippen molar-refractivity contribution < 1.29 is 14.3 Å². The molecule has 0 unspecified atom stereocenters. The van der Waals surface area contributed by atoms with E-state index in [4.69, 9.17) is 4.74 Å². The molecule has 18 heavy (non-hydrogen) atoms. The lowest BCUT2D eigenvalue weighted by Gasteiger charge is -2.28. The number of ether oxygens (including phenoxy) is 1. The van der Waals surface area contributed by atoms with E-state index >= 15 is 0 Å². The van der Waals surface area contributed by atoms with Crippen LogP contribution in [-0.2, 0) is 14.3 Å². The van der Waals surface area contributed by atoms with Gasteiger partial charge in [0.2, 0.25) is 11.8 Å². The third-order valence-corrected chi connectivity index (χ3v) is 3.48. The van der Waals surface area contributed by atoms with Gasteiger partial charge in [-0.05, 0) is 12.8 Å². The van der Waals surface area contributed by atoms with Crippen LogP contribution in [0, 0.1) is 5.92 Å². The average Bonchev–Trinajstić information content (AvgIpc) is 2.46. The molecule has 2 saturated heterocycles. The Morgan fingerprint density at radius 1 is 1.22 bits per heavy atom. The topological polar surface area (TPSA) is 70.7 Å². The van der Waals surface area contributed by atoms with Crippen LogP contribution in [0.2, 0.25) is 0 Å². The van der Waals surface area contributed by atoms with Crippen LogP contribution >= 0.6 is 0 Å². The second-order valence-corrected chi connectivity index (χ2v) is 4.74. The van der Waals surface area contributed by atoms with Crippen LogP contribution in [0.1, 0.15) is 12.8 Å². The van der Waals surface area contributed by atoms with Gasteiger partial charge in [-0.25, -0.2) is 0 Å². The Morgan fingerprint density at radius 2 is 1.89 bits per heavy atom. The smallest absolute Gasteiger partial charge is 0.242 e. The molecule has 2 rings (SSSR count). The molecule has 2 N–H and O–H groups in total. The van der Waals surface area contributed by atoms with Crippen LogP contribution in [0.3, 0.4) is 0 Å². The lowest BCUT2D eigenvalue weighted by Crippen LogP contribution is -2.50. The van der Waals surface area contributed by atoms with Crippen molar-refractivity contribution in [1.82, 2.24) is 15.5 Å². The molecule has 102 valence electrons. The van der Waals surface area contributed by atoms with E-state index < -0.39 is 0 Å². The largest absolute Gasteiger partial charge is 0.381 e. The number of hydrogen-bond donors (Lipinski definition) is 2. The standard InChI is InChI=1S/C12H21N3O3/c16-11(15-5-3-13-4-6-15)9-14-12(17)10-1-7-18-8-2-10/h10,13H,1-9H2,(H,14,17). The molecule has 6 heteroatoms. The minimum absolute atomic E-state index is 0.00886. The maximum atomic E-state index is 11.8. The molecule has 0 saturated carbocycles. The molecule has 2 heterocycles. The van der Waals surface area contributed by atoms with Gasteiger partial charge in [0.05, 0.1) is 6.54 Å². The molecule has 2 fully saturated rings. The van der Waals surface area contributed by atoms with E-state index in [-0.39, 0.29) is 24.3 Å². The summed E-state index contributed by atoms with van der Waals surface area (Å²) >= 11 is 0. The molecule has 0 atom stereocenters. The lowest BCUT2D eigenvalue weighted by molar-refractivity contribution is -0.135. The quantitative estimate of drug-likeness (QED) is 0.676. The van der Waals surface area contributed by atoms with Gasteiger partial charge in [0.15, 0.2) is 0 Å². The Kier molecular flexibility index (Phi) is 4.95. The van der Waals surface area contributed by atoms with E-state index in [1.807, 2.05) is 0 Å². The van der Waals surface area contributed by atoms with Crippen molar-refractivity contribution in [3.05, 3.63) is 0 Å². The van der Waals surface area contributed by atoms with Gasteiger partial charge in [-0.2, -0.15) is 0 Å². The van der Waals surface area contributed by atoms with Crippen LogP contribution in [0.25, 0.3) is 0 Å². The fourth-order valence-electron chi connectivity index (χ4n) is 2.29. The van der Waals surface area contributed by atoms with Crippen molar-refractivity contribution in [2.75, 3.05) is 45.9 Å². The van der Waals surface area contributed by atoms with Gasteiger partial charge in [-0.1, -0.05) is 0 Å². The van der Waals surface area contributed by atoms with Gasteiger partial charge in [0.25, 0.3) is 0 Å². The zero-order valence-electron chi connectivity index (χ0n) is 10.6. The summed E-state index contributed by atoms with van der Waals surface area (Å²) in [5.74, 6) is 0.00765. The average molecular weight is 255 g/mol. The van der Waals surface area contributed by atoms with E-state index in [2.05, 4.69) is 10.6 Å². The molecule has 6 nitrogen and oxygen atoms in total. The van der Waals surface area contributed by atoms with Gasteiger partial charge in [0.1, 0.15) is 0 Å². The van der Waals surface area contributed by atoms with E-state index in [0.717, 1.165) is 39.0 Å². The summed E-state index contributed by atoms with van der Waals surface area (Å²) in [6.45, 7) is 4.53. The third-order valence-electron chi connectivity index (χ3n) is 3.48. The van der Waals surface area contributed by atoms with Gasteiger partial charge in [-0.15, -0.1) is 0 Å². The molecule has 0 spiro atoms. The highest BCUT2D eigenvalue weighted by Crippen LogP contribution is 2.14. The molecule has 0 radical (unpaired) electrons. The normalized spacial score (nSPS) is 21.7. The second kappa shape index (κ2) is 6.70. The number of hydrogen-bond acceptors (Lipinski definition) is 4. The van der Waals surface area contributed by atoms with Crippen LogP contribution in [0.15, 0.2) is 0 Å². The van der Waals surface area contributed by atoms with Gasteiger partial charge >= 0.3 is 0 Å². The second-order valence-electron chi connectivity index (χ2n) is 4.74. The molecule has 0 aromatic heterocycles. The summed E-state index contributed by atoms with van der Waals surface area (Å²) in [6.07, 6.45) is 1.52. The molecule has 0 bridgehead atoms. The van der Waals surface area contributed by atoms with E-state index in [1.165, 1.54) is 0 Å². The van der Waals surface area contributed by atoms with Crippen LogP contribution in [0.4, 0.5) is 0 Å². The number of piperazine rings is 1. The van der Waals surface area contributed by atoms with Crippen molar-refractivity contribution in [2.24, 2.45) is 5.92 Å². The summed E-state index contributed by atoms with van der Waals surface area (Å²) < 4.78 is 5.21. The summed E-state index contributed by atoms with van der Waals surface area (Å²) in [7, 11) is 0. The Labute approximate surface area is 107 Å². The van der Waals surface area contributed by atoms with Crippen LogP contribution in [0.5, 0.6) is 0 Å². The highest BCUT2D eigenvalue weighted by molar-refractivity contribution is 5.85. The summed E-state index contributed by atoms with van der Waals surface area (Å²) in [6, 6.07) is 0. The fraction of sp³-hybridized carbons (Fsp3) is 0.833. The maximum absolute atomic E-state index is 11.8. The summed E-state index contributed by atoms with van der Waals surface area (Å²) in [4.78, 5) is 25.5. The van der Waals surface area contributed by atoms with Crippen molar-refractivity contribution >= 4 is 11.8 Å². The van der Waals surface area contributed by atoms with E-state index in [0.29, 0.717) is 13.2 Å². The molecular weight excluding hydrogens is 234 g/mol. The SMILES string of the molecule is O=C(NCC(=O)N1CCNCC1)C1CCOCC1. The number of carbonyl (C=O) groups excluding carboxylic acids is 2. The highest BCUT2D eigenvalue weighted by Gasteiger charge is 2.23. The van der Waals surface area contributed by atoms with Gasteiger partial charge in [-0.3, -0.25) is 9.59 Å². The Balaban J connectivity index is 1.69. The molecule has 2 amide bonds. The highest BCUT2D eigenvalue weighted by atomic mass is 16.5. The van der Waals surface area contributed by atoms with E-state index in [9.17, 15) is 9.59 Å². The van der Waals surface area contributed by atoms with Crippen molar-refractivity contribution in [2.45, 2.75) is 12.8 Å². The predicted molar refractivity (Wildman–Crippen MR) is 66.0 cm³/mol. The minimum atomic E-state index is -0.0122. The van der Waals surface area contributed by atoms with Crippen molar-refractivity contribution in [1.29, 1.82) is 0 Å². The first kappa shape index (κ1) is 13.3. The van der Waals surface area contributed by atoms with Crippen LogP contribution in [-0.4, -0.2) is 62.7 Å². The minimum Gasteiger partial charge on any atom is -0.381 e. The predicted octanol–water partition coefficient (Wildman–Crippen LogP) is -1.04. The zero-order valence-corrected chi connectivity index (χ0v) is 10.6. The molecular formula is C12H21N3O3. The number of nitrogens with zero attached hydrogens (tertiary/aromatic N) is 1.